The number of anilines is 2. The lowest BCUT2D eigenvalue weighted by Crippen LogP contribution is -2.16. The van der Waals surface area contributed by atoms with Crippen LogP contribution >= 0.6 is 0 Å². The number of hydrogen-bond donors (Lipinski definition) is 2. The second kappa shape index (κ2) is 8.75. The van der Waals surface area contributed by atoms with Crippen LogP contribution in [-0.4, -0.2) is 45.2 Å². The van der Waals surface area contributed by atoms with Crippen molar-refractivity contribution in [3.05, 3.63) is 54.5 Å². The Hall–Kier alpha value is -3.72. The number of pyridine rings is 1. The fourth-order valence-electron chi connectivity index (χ4n) is 2.92. The molecule has 0 aliphatic rings. The third-order valence-corrected chi connectivity index (χ3v) is 4.43. The molecule has 3 aromatic heterocycles. The lowest BCUT2D eigenvalue weighted by Gasteiger charge is -2.11. The quantitative estimate of drug-likeness (QED) is 0.431. The summed E-state index contributed by atoms with van der Waals surface area (Å²) in [5, 5.41) is 20.7. The molecule has 9 nitrogen and oxygen atoms in total. The molecular weight excluding hydrogens is 382 g/mol. The van der Waals surface area contributed by atoms with Crippen LogP contribution in [0.3, 0.4) is 0 Å². The maximum Gasteiger partial charge on any atom is 0.222 e. The lowest BCUT2D eigenvalue weighted by atomic mass is 10.2. The van der Waals surface area contributed by atoms with E-state index in [0.29, 0.717) is 35.6 Å². The van der Waals surface area contributed by atoms with Gasteiger partial charge in [0, 0.05) is 42.2 Å². The van der Waals surface area contributed by atoms with E-state index in [-0.39, 0.29) is 0 Å². The van der Waals surface area contributed by atoms with Gasteiger partial charge in [0.15, 0.2) is 11.6 Å². The molecule has 4 aromatic rings. The first-order valence-corrected chi connectivity index (χ1v) is 9.56. The Bertz CT molecular complexity index is 1160. The zero-order chi connectivity index (χ0) is 20.9. The van der Waals surface area contributed by atoms with Crippen LogP contribution in [0, 0.1) is 6.92 Å². The smallest absolute Gasteiger partial charge is 0.222 e. The first-order valence-electron chi connectivity index (χ1n) is 9.56. The van der Waals surface area contributed by atoms with Crippen LogP contribution in [0.5, 0.6) is 17.4 Å². The molecule has 0 saturated heterocycles. The van der Waals surface area contributed by atoms with Crippen LogP contribution in [0.15, 0.2) is 48.9 Å². The maximum absolute atomic E-state index is 6.03. The summed E-state index contributed by atoms with van der Waals surface area (Å²) < 4.78 is 13.4. The molecule has 3 heterocycles. The number of rotatable bonds is 8. The highest BCUT2D eigenvalue weighted by atomic mass is 16.5. The molecule has 154 valence electrons. The van der Waals surface area contributed by atoms with Crippen LogP contribution in [0.4, 0.5) is 11.6 Å². The minimum atomic E-state index is 0.525. The SMILES string of the molecule is CNCCOc1cnc(Oc2ccc3cnnc(Nc4ccn(C)n4)c3c2)c(C)c1. The van der Waals surface area contributed by atoms with Crippen molar-refractivity contribution in [1.82, 2.24) is 30.3 Å². The van der Waals surface area contributed by atoms with Gasteiger partial charge in [-0.2, -0.15) is 10.2 Å². The van der Waals surface area contributed by atoms with Crippen molar-refractivity contribution in [3.63, 3.8) is 0 Å². The summed E-state index contributed by atoms with van der Waals surface area (Å²) in [5.41, 5.74) is 0.886. The number of aryl methyl sites for hydroxylation is 2. The van der Waals surface area contributed by atoms with Crippen molar-refractivity contribution in [1.29, 1.82) is 0 Å². The number of ether oxygens (including phenoxy) is 2. The number of aromatic nitrogens is 5. The summed E-state index contributed by atoms with van der Waals surface area (Å²) in [6, 6.07) is 9.52. The van der Waals surface area contributed by atoms with Gasteiger partial charge in [-0.15, -0.1) is 5.10 Å². The third-order valence-electron chi connectivity index (χ3n) is 4.43. The van der Waals surface area contributed by atoms with E-state index in [1.54, 1.807) is 17.1 Å². The van der Waals surface area contributed by atoms with Gasteiger partial charge in [0.2, 0.25) is 5.88 Å². The average Bonchev–Trinajstić information content (AvgIpc) is 3.15. The van der Waals surface area contributed by atoms with Crippen molar-refractivity contribution >= 4 is 22.4 Å². The van der Waals surface area contributed by atoms with Gasteiger partial charge in [-0.3, -0.25) is 4.68 Å². The predicted octanol–water partition coefficient (Wildman–Crippen LogP) is 3.20. The third kappa shape index (κ3) is 4.47. The van der Waals surface area contributed by atoms with Crippen molar-refractivity contribution in [2.45, 2.75) is 6.92 Å². The van der Waals surface area contributed by atoms with E-state index in [1.807, 2.05) is 57.5 Å². The van der Waals surface area contributed by atoms with E-state index in [1.165, 1.54) is 0 Å². The van der Waals surface area contributed by atoms with Crippen LogP contribution in [-0.2, 0) is 7.05 Å². The minimum absolute atomic E-state index is 0.525. The molecule has 0 atom stereocenters. The van der Waals surface area contributed by atoms with E-state index >= 15 is 0 Å². The van der Waals surface area contributed by atoms with Gasteiger partial charge < -0.3 is 20.1 Å². The number of benzene rings is 1. The van der Waals surface area contributed by atoms with Crippen LogP contribution in [0.25, 0.3) is 10.8 Å². The van der Waals surface area contributed by atoms with Gasteiger partial charge in [0.1, 0.15) is 18.1 Å². The summed E-state index contributed by atoms with van der Waals surface area (Å²) in [4.78, 5) is 4.40. The molecule has 9 heteroatoms. The van der Waals surface area contributed by atoms with E-state index in [2.05, 4.69) is 30.9 Å². The molecule has 0 unspecified atom stereocenters. The maximum atomic E-state index is 6.03. The Morgan fingerprint density at radius 2 is 2.00 bits per heavy atom. The first kappa shape index (κ1) is 19.6. The van der Waals surface area contributed by atoms with E-state index < -0.39 is 0 Å². The Balaban J connectivity index is 1.57. The Kier molecular flexibility index (Phi) is 5.71. The second-order valence-electron chi connectivity index (χ2n) is 6.79. The van der Waals surface area contributed by atoms with Crippen molar-refractivity contribution in [2.75, 3.05) is 25.5 Å². The normalized spacial score (nSPS) is 10.9. The Morgan fingerprint density at radius 1 is 1.10 bits per heavy atom. The monoisotopic (exact) mass is 405 g/mol. The number of nitrogens with zero attached hydrogens (tertiary/aromatic N) is 5. The molecule has 0 aliphatic heterocycles. The van der Waals surface area contributed by atoms with Crippen molar-refractivity contribution < 1.29 is 9.47 Å². The molecular formula is C21H23N7O2. The van der Waals surface area contributed by atoms with Crippen molar-refractivity contribution in [2.24, 2.45) is 7.05 Å². The zero-order valence-corrected chi connectivity index (χ0v) is 17.1. The standard InChI is InChI=1S/C21H23N7O2/c1-14-10-17(29-9-7-22-2)13-23-21(14)30-16-5-4-15-12-24-26-20(18(15)11-16)25-19-6-8-28(3)27-19/h4-6,8,10-13,22H,7,9H2,1-3H3,(H,25,26,27). The first-order chi connectivity index (χ1) is 14.6. The van der Waals surface area contributed by atoms with Gasteiger partial charge in [-0.25, -0.2) is 4.98 Å². The Labute approximate surface area is 174 Å². The van der Waals surface area contributed by atoms with E-state index in [0.717, 1.165) is 22.9 Å². The highest BCUT2D eigenvalue weighted by Crippen LogP contribution is 2.30. The number of hydrogen-bond acceptors (Lipinski definition) is 8. The highest BCUT2D eigenvalue weighted by Gasteiger charge is 2.10. The van der Waals surface area contributed by atoms with Crippen molar-refractivity contribution in [3.8, 4) is 17.4 Å². The van der Waals surface area contributed by atoms with Gasteiger partial charge in [-0.1, -0.05) is 0 Å². The molecule has 0 amide bonds. The molecule has 0 fully saturated rings. The molecule has 0 radical (unpaired) electrons. The molecule has 0 spiro atoms. The Morgan fingerprint density at radius 3 is 2.77 bits per heavy atom. The summed E-state index contributed by atoms with van der Waals surface area (Å²) >= 11 is 0. The van der Waals surface area contributed by atoms with Crippen LogP contribution < -0.4 is 20.1 Å². The lowest BCUT2D eigenvalue weighted by molar-refractivity contribution is 0.315. The molecule has 4 rings (SSSR count). The predicted molar refractivity (Wildman–Crippen MR) is 114 cm³/mol. The number of fused-ring (bicyclic) bond motifs is 1. The molecule has 0 aliphatic carbocycles. The fourth-order valence-corrected chi connectivity index (χ4v) is 2.92. The molecule has 30 heavy (non-hydrogen) atoms. The summed E-state index contributed by atoms with van der Waals surface area (Å²) in [5.74, 6) is 3.19. The number of nitrogens with one attached hydrogen (secondary N) is 2. The fraction of sp³-hybridized carbons (Fsp3) is 0.238. The average molecular weight is 405 g/mol. The topological polar surface area (TPSA) is 99.0 Å². The highest BCUT2D eigenvalue weighted by molar-refractivity contribution is 5.93. The van der Waals surface area contributed by atoms with Gasteiger partial charge in [-0.05, 0) is 38.2 Å². The number of likely N-dealkylation sites (N-methyl/N-ethyl adjacent to an activating group) is 1. The van der Waals surface area contributed by atoms with Gasteiger partial charge >= 0.3 is 0 Å². The molecule has 0 bridgehead atoms. The minimum Gasteiger partial charge on any atom is -0.491 e. The van der Waals surface area contributed by atoms with E-state index in [9.17, 15) is 0 Å². The summed E-state index contributed by atoms with van der Waals surface area (Å²) in [7, 11) is 3.74. The second-order valence-corrected chi connectivity index (χ2v) is 6.79. The largest absolute Gasteiger partial charge is 0.491 e. The van der Waals surface area contributed by atoms with Crippen LogP contribution in [0.1, 0.15) is 5.56 Å². The molecule has 1 aromatic carbocycles. The van der Waals surface area contributed by atoms with E-state index in [4.69, 9.17) is 9.47 Å². The molecule has 0 saturated carbocycles. The van der Waals surface area contributed by atoms with Gasteiger partial charge in [0.05, 0.1) is 12.4 Å². The molecule has 2 N–H and O–H groups in total. The van der Waals surface area contributed by atoms with Gasteiger partial charge in [0.25, 0.3) is 0 Å². The summed E-state index contributed by atoms with van der Waals surface area (Å²) in [6.45, 7) is 3.29. The van der Waals surface area contributed by atoms with Crippen LogP contribution in [0.2, 0.25) is 0 Å². The summed E-state index contributed by atoms with van der Waals surface area (Å²) in [6.07, 6.45) is 5.23. The zero-order valence-electron chi connectivity index (χ0n) is 17.1.